The molecule has 3 heterocycles. The number of aryl methyl sites for hydroxylation is 1. The molecule has 4 rings (SSSR count). The largest absolute Gasteiger partial charge is 0.265 e. The molecule has 2 fully saturated rings. The molecule has 0 spiro atoms. The zero-order chi connectivity index (χ0) is 16.4. The van der Waals surface area contributed by atoms with Gasteiger partial charge in [0.05, 0.1) is 0 Å². The van der Waals surface area contributed by atoms with Gasteiger partial charge in [0.25, 0.3) is 0 Å². The third-order valence-electron chi connectivity index (χ3n) is 5.58. The highest BCUT2D eigenvalue weighted by molar-refractivity contribution is 6.29. The Kier molecular flexibility index (Phi) is 4.79. The van der Waals surface area contributed by atoms with Crippen molar-refractivity contribution in [1.29, 1.82) is 0 Å². The summed E-state index contributed by atoms with van der Waals surface area (Å²) in [4.78, 5) is 8.31. The van der Waals surface area contributed by atoms with E-state index in [4.69, 9.17) is 11.6 Å². The second kappa shape index (κ2) is 7.18. The molecule has 0 aromatic carbocycles. The summed E-state index contributed by atoms with van der Waals surface area (Å²) in [5.74, 6) is 1.38. The Balaban J connectivity index is 1.34. The van der Waals surface area contributed by atoms with Gasteiger partial charge in [0.2, 0.25) is 0 Å². The fraction of sp³-hybridized carbons (Fsp3) is 0.474. The molecule has 0 bridgehead atoms. The van der Waals surface area contributed by atoms with Crippen LogP contribution in [0.25, 0.3) is 0 Å². The van der Waals surface area contributed by atoms with Crippen LogP contribution in [0.1, 0.15) is 42.7 Å². The first-order valence-electron chi connectivity index (χ1n) is 8.81. The molecule has 126 valence electrons. The average Bonchev–Trinajstić information content (AvgIpc) is 3.04. The third-order valence-corrected chi connectivity index (χ3v) is 5.81. The van der Waals surface area contributed by atoms with Gasteiger partial charge in [-0.1, -0.05) is 17.7 Å². The number of hydrazine groups is 1. The summed E-state index contributed by atoms with van der Waals surface area (Å²) in [6, 6.07) is 9.40. The SMILES string of the molecule is Clc1ccc(CCC2NNC3CC(c4ccncc4)CCC23)cn1. The monoisotopic (exact) mass is 342 g/mol. The number of hydrogen-bond donors (Lipinski definition) is 2. The molecule has 1 saturated heterocycles. The fourth-order valence-corrected chi connectivity index (χ4v) is 4.38. The summed E-state index contributed by atoms with van der Waals surface area (Å²) in [6.45, 7) is 0. The minimum Gasteiger partial charge on any atom is -0.265 e. The van der Waals surface area contributed by atoms with Crippen LogP contribution in [0.3, 0.4) is 0 Å². The normalized spacial score (nSPS) is 29.4. The first kappa shape index (κ1) is 16.0. The third kappa shape index (κ3) is 3.46. The lowest BCUT2D eigenvalue weighted by atomic mass is 9.73. The van der Waals surface area contributed by atoms with Crippen molar-refractivity contribution in [2.24, 2.45) is 5.92 Å². The van der Waals surface area contributed by atoms with Crippen molar-refractivity contribution in [3.8, 4) is 0 Å². The van der Waals surface area contributed by atoms with Gasteiger partial charge in [-0.05, 0) is 73.3 Å². The summed E-state index contributed by atoms with van der Waals surface area (Å²) in [5.41, 5.74) is 9.79. The average molecular weight is 343 g/mol. The molecular weight excluding hydrogens is 320 g/mol. The molecule has 0 amide bonds. The van der Waals surface area contributed by atoms with E-state index in [1.54, 1.807) is 0 Å². The van der Waals surface area contributed by atoms with Gasteiger partial charge < -0.3 is 0 Å². The van der Waals surface area contributed by atoms with Gasteiger partial charge >= 0.3 is 0 Å². The van der Waals surface area contributed by atoms with Crippen molar-refractivity contribution in [3.63, 3.8) is 0 Å². The van der Waals surface area contributed by atoms with Crippen molar-refractivity contribution in [1.82, 2.24) is 20.8 Å². The lowest BCUT2D eigenvalue weighted by Gasteiger charge is -2.33. The van der Waals surface area contributed by atoms with E-state index in [1.165, 1.54) is 30.4 Å². The zero-order valence-corrected chi connectivity index (χ0v) is 14.4. The molecule has 2 aliphatic rings. The minimum atomic E-state index is 0.545. The Morgan fingerprint density at radius 3 is 2.75 bits per heavy atom. The first-order valence-corrected chi connectivity index (χ1v) is 9.19. The molecule has 2 aromatic rings. The van der Waals surface area contributed by atoms with Gasteiger partial charge in [-0.2, -0.15) is 0 Å². The first-order chi connectivity index (χ1) is 11.8. The predicted octanol–water partition coefficient (Wildman–Crippen LogP) is 3.49. The minimum absolute atomic E-state index is 0.545. The van der Waals surface area contributed by atoms with E-state index in [-0.39, 0.29) is 0 Å². The van der Waals surface area contributed by atoms with Crippen LogP contribution in [-0.4, -0.2) is 22.1 Å². The van der Waals surface area contributed by atoms with Crippen LogP contribution in [-0.2, 0) is 6.42 Å². The number of nitrogens with one attached hydrogen (secondary N) is 2. The fourth-order valence-electron chi connectivity index (χ4n) is 4.26. The Morgan fingerprint density at radius 1 is 1.08 bits per heavy atom. The van der Waals surface area contributed by atoms with E-state index in [0.29, 0.717) is 23.2 Å². The van der Waals surface area contributed by atoms with Crippen molar-refractivity contribution in [2.75, 3.05) is 0 Å². The van der Waals surface area contributed by atoms with Crippen LogP contribution >= 0.6 is 11.6 Å². The number of nitrogens with zero attached hydrogens (tertiary/aromatic N) is 2. The van der Waals surface area contributed by atoms with Gasteiger partial charge in [0.15, 0.2) is 0 Å². The van der Waals surface area contributed by atoms with Crippen LogP contribution in [0.5, 0.6) is 0 Å². The zero-order valence-electron chi connectivity index (χ0n) is 13.7. The van der Waals surface area contributed by atoms with E-state index in [9.17, 15) is 0 Å². The second-order valence-corrected chi connectivity index (χ2v) is 7.37. The maximum Gasteiger partial charge on any atom is 0.129 e. The van der Waals surface area contributed by atoms with Crippen LogP contribution < -0.4 is 10.9 Å². The van der Waals surface area contributed by atoms with Crippen molar-refractivity contribution in [3.05, 3.63) is 59.1 Å². The van der Waals surface area contributed by atoms with Crippen LogP contribution in [0, 0.1) is 5.92 Å². The summed E-state index contributed by atoms with van der Waals surface area (Å²) in [5, 5.41) is 0.564. The Hall–Kier alpha value is -1.49. The summed E-state index contributed by atoms with van der Waals surface area (Å²) >= 11 is 5.86. The van der Waals surface area contributed by atoms with Crippen molar-refractivity contribution < 1.29 is 0 Å². The molecule has 0 radical (unpaired) electrons. The summed E-state index contributed by atoms with van der Waals surface area (Å²) < 4.78 is 0. The van der Waals surface area contributed by atoms with Crippen molar-refractivity contribution in [2.45, 2.75) is 50.1 Å². The smallest absolute Gasteiger partial charge is 0.129 e. The van der Waals surface area contributed by atoms with E-state index in [0.717, 1.165) is 18.8 Å². The quantitative estimate of drug-likeness (QED) is 0.835. The highest BCUT2D eigenvalue weighted by Crippen LogP contribution is 2.39. The van der Waals surface area contributed by atoms with Crippen LogP contribution in [0.15, 0.2) is 42.9 Å². The molecular formula is C19H23ClN4. The van der Waals surface area contributed by atoms with E-state index >= 15 is 0 Å². The summed E-state index contributed by atoms with van der Waals surface area (Å²) in [7, 11) is 0. The topological polar surface area (TPSA) is 49.8 Å². The number of halogens is 1. The highest BCUT2D eigenvalue weighted by Gasteiger charge is 2.40. The molecule has 4 unspecified atom stereocenters. The van der Waals surface area contributed by atoms with Gasteiger partial charge in [-0.15, -0.1) is 0 Å². The molecule has 4 atom stereocenters. The summed E-state index contributed by atoms with van der Waals surface area (Å²) in [6.07, 6.45) is 11.6. The maximum atomic E-state index is 5.86. The van der Waals surface area contributed by atoms with E-state index in [1.807, 2.05) is 24.7 Å². The lowest BCUT2D eigenvalue weighted by Crippen LogP contribution is -2.35. The molecule has 4 nitrogen and oxygen atoms in total. The van der Waals surface area contributed by atoms with Gasteiger partial charge in [0, 0.05) is 30.7 Å². The number of aromatic nitrogens is 2. The molecule has 2 N–H and O–H groups in total. The maximum absolute atomic E-state index is 5.86. The predicted molar refractivity (Wildman–Crippen MR) is 95.7 cm³/mol. The molecule has 24 heavy (non-hydrogen) atoms. The molecule has 2 aromatic heterocycles. The van der Waals surface area contributed by atoms with Gasteiger partial charge in [0.1, 0.15) is 5.15 Å². The Morgan fingerprint density at radius 2 is 1.96 bits per heavy atom. The van der Waals surface area contributed by atoms with Gasteiger partial charge in [-0.25, -0.2) is 4.98 Å². The number of fused-ring (bicyclic) bond motifs is 1. The Labute approximate surface area is 148 Å². The molecule has 1 saturated carbocycles. The molecule has 1 aliphatic heterocycles. The van der Waals surface area contributed by atoms with Gasteiger partial charge in [-0.3, -0.25) is 15.8 Å². The second-order valence-electron chi connectivity index (χ2n) is 6.98. The van der Waals surface area contributed by atoms with E-state index in [2.05, 4.69) is 39.0 Å². The Bertz CT molecular complexity index is 661. The molecule has 5 heteroatoms. The number of rotatable bonds is 4. The number of hydrogen-bond acceptors (Lipinski definition) is 4. The number of pyridine rings is 2. The van der Waals surface area contributed by atoms with E-state index < -0.39 is 0 Å². The standard InChI is InChI=1S/C19H23ClN4/c20-19-6-2-13(12-22-19)1-5-17-16-4-3-15(11-18(16)24-23-17)14-7-9-21-10-8-14/h2,6-10,12,15-18,23-24H,1,3-5,11H2. The highest BCUT2D eigenvalue weighted by atomic mass is 35.5. The molecule has 1 aliphatic carbocycles. The van der Waals surface area contributed by atoms with Crippen molar-refractivity contribution >= 4 is 11.6 Å². The van der Waals surface area contributed by atoms with Crippen LogP contribution in [0.2, 0.25) is 5.15 Å². The lowest BCUT2D eigenvalue weighted by molar-refractivity contribution is 0.274. The van der Waals surface area contributed by atoms with Crippen LogP contribution in [0.4, 0.5) is 0 Å².